The van der Waals surface area contributed by atoms with Gasteiger partial charge in [0.15, 0.2) is 0 Å². The Kier molecular flexibility index (Phi) is 4.90. The second-order valence-corrected chi connectivity index (χ2v) is 7.10. The molecule has 4 heteroatoms. The normalized spacial score (nSPS) is 22.2. The van der Waals surface area contributed by atoms with E-state index in [4.69, 9.17) is 23.2 Å². The third-order valence-electron chi connectivity index (χ3n) is 4.14. The zero-order valence-corrected chi connectivity index (χ0v) is 14.5. The number of halogens is 3. The lowest BCUT2D eigenvalue weighted by Crippen LogP contribution is -2.34. The standard InChI is InChI=1S/C17H16BrCl2N/c18-12-4-1-3-11(9-12)15-10-21-8-7-13(15)14-5-2-6-16(19)17(14)20/h1-6,9,13,15,21H,7-8,10H2. The molecule has 2 aromatic rings. The minimum Gasteiger partial charge on any atom is -0.316 e. The van der Waals surface area contributed by atoms with Crippen LogP contribution in [0.4, 0.5) is 0 Å². The Bertz CT molecular complexity index is 644. The first kappa shape index (κ1) is 15.4. The molecule has 1 N–H and O–H groups in total. The molecule has 0 bridgehead atoms. The Hall–Kier alpha value is -0.540. The molecule has 0 aliphatic carbocycles. The predicted octanol–water partition coefficient (Wildman–Crippen LogP) is 5.62. The highest BCUT2D eigenvalue weighted by Crippen LogP contribution is 2.42. The van der Waals surface area contributed by atoms with Crippen molar-refractivity contribution in [2.45, 2.75) is 18.3 Å². The van der Waals surface area contributed by atoms with Crippen LogP contribution in [0.5, 0.6) is 0 Å². The van der Waals surface area contributed by atoms with Gasteiger partial charge in [0, 0.05) is 16.9 Å². The Labute approximate surface area is 143 Å². The summed E-state index contributed by atoms with van der Waals surface area (Å²) in [5.41, 5.74) is 2.49. The highest BCUT2D eigenvalue weighted by Gasteiger charge is 2.29. The zero-order valence-electron chi connectivity index (χ0n) is 11.5. The first-order valence-corrected chi connectivity index (χ1v) is 8.62. The van der Waals surface area contributed by atoms with Crippen molar-refractivity contribution >= 4 is 39.1 Å². The molecule has 3 rings (SSSR count). The van der Waals surface area contributed by atoms with Gasteiger partial charge in [-0.25, -0.2) is 0 Å². The molecule has 0 radical (unpaired) electrons. The fourth-order valence-electron chi connectivity index (χ4n) is 3.13. The number of piperidine rings is 1. The molecule has 1 aliphatic heterocycles. The van der Waals surface area contributed by atoms with E-state index in [1.54, 1.807) is 0 Å². The quantitative estimate of drug-likeness (QED) is 0.708. The van der Waals surface area contributed by atoms with Gasteiger partial charge >= 0.3 is 0 Å². The van der Waals surface area contributed by atoms with E-state index in [1.807, 2.05) is 12.1 Å². The molecule has 21 heavy (non-hydrogen) atoms. The van der Waals surface area contributed by atoms with Crippen molar-refractivity contribution in [2.75, 3.05) is 13.1 Å². The molecule has 1 aliphatic rings. The monoisotopic (exact) mass is 383 g/mol. The average molecular weight is 385 g/mol. The first-order valence-electron chi connectivity index (χ1n) is 7.07. The zero-order chi connectivity index (χ0) is 14.8. The third kappa shape index (κ3) is 3.29. The SMILES string of the molecule is Clc1cccc(C2CCNCC2c2cccc(Br)c2)c1Cl. The summed E-state index contributed by atoms with van der Waals surface area (Å²) in [6, 6.07) is 14.5. The van der Waals surface area contributed by atoms with E-state index in [0.29, 0.717) is 21.9 Å². The van der Waals surface area contributed by atoms with E-state index < -0.39 is 0 Å². The summed E-state index contributed by atoms with van der Waals surface area (Å²) in [5.74, 6) is 0.805. The fourth-order valence-corrected chi connectivity index (χ4v) is 3.99. The van der Waals surface area contributed by atoms with Crippen LogP contribution in [0, 0.1) is 0 Å². The summed E-state index contributed by atoms with van der Waals surface area (Å²) in [5, 5.41) is 4.83. The Morgan fingerprint density at radius 1 is 1.05 bits per heavy atom. The van der Waals surface area contributed by atoms with Crippen LogP contribution in [-0.2, 0) is 0 Å². The topological polar surface area (TPSA) is 12.0 Å². The minimum atomic E-state index is 0.395. The van der Waals surface area contributed by atoms with Crippen LogP contribution in [0.15, 0.2) is 46.9 Å². The van der Waals surface area contributed by atoms with Crippen molar-refractivity contribution in [3.05, 3.63) is 68.1 Å². The molecule has 2 aromatic carbocycles. The van der Waals surface area contributed by atoms with Crippen molar-refractivity contribution in [3.8, 4) is 0 Å². The maximum absolute atomic E-state index is 6.45. The number of rotatable bonds is 2. The molecule has 1 nitrogen and oxygen atoms in total. The van der Waals surface area contributed by atoms with Crippen LogP contribution in [0.1, 0.15) is 29.4 Å². The van der Waals surface area contributed by atoms with Gasteiger partial charge in [0.2, 0.25) is 0 Å². The van der Waals surface area contributed by atoms with Crippen molar-refractivity contribution in [2.24, 2.45) is 0 Å². The molecule has 0 spiro atoms. The van der Waals surface area contributed by atoms with Gasteiger partial charge in [-0.15, -0.1) is 0 Å². The maximum atomic E-state index is 6.45. The van der Waals surface area contributed by atoms with Crippen molar-refractivity contribution in [1.29, 1.82) is 0 Å². The van der Waals surface area contributed by atoms with Gasteiger partial charge in [-0.2, -0.15) is 0 Å². The van der Waals surface area contributed by atoms with E-state index in [2.05, 4.69) is 51.6 Å². The molecule has 0 saturated carbocycles. The van der Waals surface area contributed by atoms with Crippen molar-refractivity contribution in [1.82, 2.24) is 5.32 Å². The Morgan fingerprint density at radius 3 is 2.67 bits per heavy atom. The summed E-state index contributed by atoms with van der Waals surface area (Å²) >= 11 is 16.2. The molecule has 1 fully saturated rings. The van der Waals surface area contributed by atoms with Gasteiger partial charge in [0.1, 0.15) is 0 Å². The summed E-state index contributed by atoms with van der Waals surface area (Å²) in [6.45, 7) is 1.97. The number of benzene rings is 2. The van der Waals surface area contributed by atoms with Gasteiger partial charge in [-0.05, 0) is 48.2 Å². The smallest absolute Gasteiger partial charge is 0.0627 e. The molecule has 110 valence electrons. The molecular weight excluding hydrogens is 369 g/mol. The van der Waals surface area contributed by atoms with Crippen LogP contribution in [-0.4, -0.2) is 13.1 Å². The molecule has 0 aromatic heterocycles. The largest absolute Gasteiger partial charge is 0.316 e. The van der Waals surface area contributed by atoms with Gasteiger partial charge < -0.3 is 5.32 Å². The Morgan fingerprint density at radius 2 is 1.86 bits per heavy atom. The first-order chi connectivity index (χ1) is 10.2. The van der Waals surface area contributed by atoms with Gasteiger partial charge in [-0.3, -0.25) is 0 Å². The van der Waals surface area contributed by atoms with E-state index in [0.717, 1.165) is 29.5 Å². The summed E-state index contributed by atoms with van der Waals surface area (Å²) in [4.78, 5) is 0. The van der Waals surface area contributed by atoms with Crippen molar-refractivity contribution < 1.29 is 0 Å². The van der Waals surface area contributed by atoms with Crippen LogP contribution in [0.25, 0.3) is 0 Å². The Balaban J connectivity index is 2.00. The molecule has 0 amide bonds. The average Bonchev–Trinajstić information content (AvgIpc) is 2.50. The maximum Gasteiger partial charge on any atom is 0.0627 e. The molecule has 2 unspecified atom stereocenters. The van der Waals surface area contributed by atoms with E-state index in [1.165, 1.54) is 5.56 Å². The predicted molar refractivity (Wildman–Crippen MR) is 93.6 cm³/mol. The lowest BCUT2D eigenvalue weighted by atomic mass is 9.77. The third-order valence-corrected chi connectivity index (χ3v) is 5.47. The van der Waals surface area contributed by atoms with Gasteiger partial charge in [-0.1, -0.05) is 63.4 Å². The second-order valence-electron chi connectivity index (χ2n) is 5.40. The highest BCUT2D eigenvalue weighted by molar-refractivity contribution is 9.10. The van der Waals surface area contributed by atoms with E-state index in [9.17, 15) is 0 Å². The number of hydrogen-bond acceptors (Lipinski definition) is 1. The van der Waals surface area contributed by atoms with Gasteiger partial charge in [0.05, 0.1) is 10.0 Å². The fraction of sp³-hybridized carbons (Fsp3) is 0.294. The van der Waals surface area contributed by atoms with Crippen LogP contribution >= 0.6 is 39.1 Å². The number of hydrogen-bond donors (Lipinski definition) is 1. The van der Waals surface area contributed by atoms with Crippen LogP contribution in [0.3, 0.4) is 0 Å². The second kappa shape index (κ2) is 6.70. The molecule has 1 saturated heterocycles. The van der Waals surface area contributed by atoms with E-state index in [-0.39, 0.29) is 0 Å². The lowest BCUT2D eigenvalue weighted by Gasteiger charge is -2.33. The van der Waals surface area contributed by atoms with Gasteiger partial charge in [0.25, 0.3) is 0 Å². The minimum absolute atomic E-state index is 0.395. The molecular formula is C17H16BrCl2N. The van der Waals surface area contributed by atoms with Crippen LogP contribution in [0.2, 0.25) is 10.0 Å². The molecule has 2 atom stereocenters. The lowest BCUT2D eigenvalue weighted by molar-refractivity contribution is 0.404. The summed E-state index contributed by atoms with van der Waals surface area (Å²) in [6.07, 6.45) is 1.07. The highest BCUT2D eigenvalue weighted by atomic mass is 79.9. The number of nitrogens with one attached hydrogen (secondary N) is 1. The van der Waals surface area contributed by atoms with Crippen molar-refractivity contribution in [3.63, 3.8) is 0 Å². The summed E-state index contributed by atoms with van der Waals surface area (Å²) < 4.78 is 1.11. The summed E-state index contributed by atoms with van der Waals surface area (Å²) in [7, 11) is 0. The molecule has 1 heterocycles. The van der Waals surface area contributed by atoms with E-state index >= 15 is 0 Å². The van der Waals surface area contributed by atoms with Crippen LogP contribution < -0.4 is 5.32 Å².